The summed E-state index contributed by atoms with van der Waals surface area (Å²) in [5.74, 6) is -0.326. The number of halogens is 1. The van der Waals surface area contributed by atoms with Crippen LogP contribution in [0.2, 0.25) is 0 Å². The fraction of sp³-hybridized carbons (Fsp3) is 0.562. The van der Waals surface area contributed by atoms with Crippen LogP contribution in [0.25, 0.3) is 0 Å². The highest BCUT2D eigenvalue weighted by atomic mass is 19.1. The van der Waals surface area contributed by atoms with Crippen LogP contribution in [0.1, 0.15) is 27.7 Å². The normalized spacial score (nSPS) is 14.1. The number of hydrogen-bond acceptors (Lipinski definition) is 4. The summed E-state index contributed by atoms with van der Waals surface area (Å²) >= 11 is 0. The largest absolute Gasteiger partial charge is 0.444 e. The number of nitrogens with two attached hydrogens (primary N) is 1. The highest BCUT2D eigenvalue weighted by molar-refractivity contribution is 5.68. The fourth-order valence-corrected chi connectivity index (χ4v) is 2.20. The molecule has 3 N–H and O–H groups in total. The van der Waals surface area contributed by atoms with Gasteiger partial charge in [0.25, 0.3) is 0 Å². The maximum absolute atomic E-state index is 13.9. The number of anilines is 1. The molecule has 1 rings (SSSR count). The first-order chi connectivity index (χ1) is 10.2. The number of nitrogens with one attached hydrogen (secondary N) is 1. The molecule has 124 valence electrons. The Morgan fingerprint density at radius 1 is 1.41 bits per heavy atom. The van der Waals surface area contributed by atoms with Crippen LogP contribution >= 0.6 is 0 Å². The van der Waals surface area contributed by atoms with E-state index in [-0.39, 0.29) is 24.4 Å². The Bertz CT molecular complexity index is 502. The number of benzene rings is 1. The molecule has 6 heteroatoms. The Morgan fingerprint density at radius 3 is 2.50 bits per heavy atom. The quantitative estimate of drug-likeness (QED) is 0.877. The van der Waals surface area contributed by atoms with Crippen LogP contribution in [0, 0.1) is 5.82 Å². The molecule has 22 heavy (non-hydrogen) atoms. The van der Waals surface area contributed by atoms with Crippen molar-refractivity contribution in [3.63, 3.8) is 0 Å². The third-order valence-electron chi connectivity index (χ3n) is 3.29. The second kappa shape index (κ2) is 7.45. The Kier molecular flexibility index (Phi) is 6.17. The van der Waals surface area contributed by atoms with Crippen molar-refractivity contribution in [3.8, 4) is 0 Å². The smallest absolute Gasteiger partial charge is 0.407 e. The number of nitrogens with zero attached hydrogens (tertiary/aromatic N) is 1. The van der Waals surface area contributed by atoms with E-state index in [2.05, 4.69) is 5.32 Å². The summed E-state index contributed by atoms with van der Waals surface area (Å²) < 4.78 is 19.1. The first kappa shape index (κ1) is 18.2. The third-order valence-corrected chi connectivity index (χ3v) is 3.29. The van der Waals surface area contributed by atoms with Gasteiger partial charge in [-0.3, -0.25) is 0 Å². The molecule has 0 aromatic heterocycles. The van der Waals surface area contributed by atoms with Crippen molar-refractivity contribution in [1.29, 1.82) is 0 Å². The fourth-order valence-electron chi connectivity index (χ4n) is 2.20. The molecule has 0 aliphatic rings. The van der Waals surface area contributed by atoms with Crippen LogP contribution in [-0.4, -0.2) is 37.4 Å². The number of likely N-dealkylation sites (N-methyl/N-ethyl adjacent to an activating group) is 1. The first-order valence-corrected chi connectivity index (χ1v) is 7.32. The van der Waals surface area contributed by atoms with E-state index in [1.54, 1.807) is 50.9 Å². The van der Waals surface area contributed by atoms with Crippen molar-refractivity contribution in [2.45, 2.75) is 45.4 Å². The molecule has 1 amide bonds. The highest BCUT2D eigenvalue weighted by Gasteiger charge is 2.25. The lowest BCUT2D eigenvalue weighted by Gasteiger charge is -2.34. The van der Waals surface area contributed by atoms with Crippen molar-refractivity contribution in [3.05, 3.63) is 30.1 Å². The standard InChI is InChI=1S/C16H26FN3O2/c1-11(19-15(21)22-16(2,3)4)14(10-18)20(5)13-9-7-6-8-12(13)17/h6-9,11,14H,10,18H2,1-5H3,(H,19,21). The van der Waals surface area contributed by atoms with Gasteiger partial charge in [-0.05, 0) is 39.8 Å². The molecule has 2 atom stereocenters. The van der Waals surface area contributed by atoms with E-state index in [1.807, 2.05) is 6.92 Å². The van der Waals surface area contributed by atoms with Gasteiger partial charge in [0.2, 0.25) is 0 Å². The van der Waals surface area contributed by atoms with Crippen LogP contribution in [-0.2, 0) is 4.74 Å². The number of amides is 1. The van der Waals surface area contributed by atoms with Gasteiger partial charge in [-0.15, -0.1) is 0 Å². The lowest BCUT2D eigenvalue weighted by Crippen LogP contribution is -2.53. The maximum Gasteiger partial charge on any atom is 0.407 e. The minimum absolute atomic E-state index is 0.260. The van der Waals surface area contributed by atoms with Crippen LogP contribution in [0.4, 0.5) is 14.9 Å². The molecule has 1 aromatic carbocycles. The molecule has 0 saturated carbocycles. The highest BCUT2D eigenvalue weighted by Crippen LogP contribution is 2.20. The molecule has 2 unspecified atom stereocenters. The number of carbonyl (C=O) groups excluding carboxylic acids is 1. The van der Waals surface area contributed by atoms with E-state index < -0.39 is 11.7 Å². The van der Waals surface area contributed by atoms with Crippen LogP contribution in [0.5, 0.6) is 0 Å². The second-order valence-corrected chi connectivity index (χ2v) is 6.30. The molecule has 0 radical (unpaired) electrons. The van der Waals surface area contributed by atoms with Gasteiger partial charge in [-0.1, -0.05) is 12.1 Å². The summed E-state index contributed by atoms with van der Waals surface area (Å²) in [6, 6.07) is 5.90. The van der Waals surface area contributed by atoms with Gasteiger partial charge in [0.1, 0.15) is 11.4 Å². The average molecular weight is 311 g/mol. The van der Waals surface area contributed by atoms with E-state index in [1.165, 1.54) is 6.07 Å². The van der Waals surface area contributed by atoms with Crippen molar-refractivity contribution in [2.75, 3.05) is 18.5 Å². The Labute approximate surface area is 131 Å². The minimum Gasteiger partial charge on any atom is -0.444 e. The number of para-hydroxylation sites is 1. The SMILES string of the molecule is CC(NC(=O)OC(C)(C)C)C(CN)N(C)c1ccccc1F. The van der Waals surface area contributed by atoms with E-state index in [4.69, 9.17) is 10.5 Å². The van der Waals surface area contributed by atoms with Crippen LogP contribution in [0.15, 0.2) is 24.3 Å². The van der Waals surface area contributed by atoms with E-state index in [9.17, 15) is 9.18 Å². The monoisotopic (exact) mass is 311 g/mol. The number of carbonyl (C=O) groups is 1. The lowest BCUT2D eigenvalue weighted by molar-refractivity contribution is 0.0502. The third kappa shape index (κ3) is 5.18. The Balaban J connectivity index is 2.78. The molecule has 0 aliphatic heterocycles. The predicted molar refractivity (Wildman–Crippen MR) is 86.5 cm³/mol. The number of hydrogen-bond donors (Lipinski definition) is 2. The zero-order valence-electron chi connectivity index (χ0n) is 13.9. The van der Waals surface area contributed by atoms with Crippen molar-refractivity contribution < 1.29 is 13.9 Å². The number of ether oxygens (including phenoxy) is 1. The van der Waals surface area contributed by atoms with Gasteiger partial charge in [0.15, 0.2) is 0 Å². The zero-order chi connectivity index (χ0) is 16.9. The summed E-state index contributed by atoms with van der Waals surface area (Å²) in [7, 11) is 1.75. The Morgan fingerprint density at radius 2 is 2.00 bits per heavy atom. The van der Waals surface area contributed by atoms with Gasteiger partial charge in [0.05, 0.1) is 17.8 Å². The van der Waals surface area contributed by atoms with Crippen LogP contribution < -0.4 is 16.0 Å². The summed E-state index contributed by atoms with van der Waals surface area (Å²) in [5, 5.41) is 2.75. The summed E-state index contributed by atoms with van der Waals surface area (Å²) in [6.07, 6.45) is -0.514. The van der Waals surface area contributed by atoms with Crippen molar-refractivity contribution >= 4 is 11.8 Å². The maximum atomic E-state index is 13.9. The lowest BCUT2D eigenvalue weighted by atomic mass is 10.1. The van der Waals surface area contributed by atoms with Crippen molar-refractivity contribution in [1.82, 2.24) is 5.32 Å². The van der Waals surface area contributed by atoms with Crippen molar-refractivity contribution in [2.24, 2.45) is 5.73 Å². The van der Waals surface area contributed by atoms with Gasteiger partial charge in [-0.2, -0.15) is 0 Å². The molecule has 0 spiro atoms. The van der Waals surface area contributed by atoms with Crippen LogP contribution in [0.3, 0.4) is 0 Å². The molecule has 1 aromatic rings. The topological polar surface area (TPSA) is 67.6 Å². The zero-order valence-corrected chi connectivity index (χ0v) is 13.9. The van der Waals surface area contributed by atoms with Gasteiger partial charge < -0.3 is 20.7 Å². The summed E-state index contributed by atoms with van der Waals surface area (Å²) in [6.45, 7) is 7.47. The van der Waals surface area contributed by atoms with Gasteiger partial charge in [-0.25, -0.2) is 9.18 Å². The molecule has 0 fully saturated rings. The average Bonchev–Trinajstić information content (AvgIpc) is 2.37. The summed E-state index contributed by atoms with van der Waals surface area (Å²) in [4.78, 5) is 13.6. The number of rotatable bonds is 5. The molecule has 0 saturated heterocycles. The first-order valence-electron chi connectivity index (χ1n) is 7.32. The molecule has 0 aliphatic carbocycles. The molecular formula is C16H26FN3O2. The van der Waals surface area contributed by atoms with E-state index in [0.29, 0.717) is 5.69 Å². The molecule has 0 heterocycles. The van der Waals surface area contributed by atoms with Gasteiger partial charge in [0, 0.05) is 13.6 Å². The molecule has 5 nitrogen and oxygen atoms in total. The van der Waals surface area contributed by atoms with E-state index >= 15 is 0 Å². The predicted octanol–water partition coefficient (Wildman–Crippen LogP) is 2.50. The molecule has 0 bridgehead atoms. The van der Waals surface area contributed by atoms with Gasteiger partial charge >= 0.3 is 6.09 Å². The molecular weight excluding hydrogens is 285 g/mol. The van der Waals surface area contributed by atoms with E-state index in [0.717, 1.165) is 0 Å². The summed E-state index contributed by atoms with van der Waals surface area (Å²) in [5.41, 5.74) is 5.68. The minimum atomic E-state index is -0.570. The second-order valence-electron chi connectivity index (χ2n) is 6.30. The number of alkyl carbamates (subject to hydrolysis) is 1. The Hall–Kier alpha value is -1.82.